The Balaban J connectivity index is 2.10. The lowest BCUT2D eigenvalue weighted by Crippen LogP contribution is -2.26. The Morgan fingerprint density at radius 2 is 2.05 bits per heavy atom. The molecular formula is C16H18O4S. The molecule has 1 aromatic carbocycles. The maximum atomic E-state index is 12.5. The second kappa shape index (κ2) is 5.85. The van der Waals surface area contributed by atoms with Gasteiger partial charge in [-0.2, -0.15) is 0 Å². The maximum Gasteiger partial charge on any atom is 0.333 e. The van der Waals surface area contributed by atoms with Crippen LogP contribution in [0.15, 0.2) is 41.3 Å². The molecule has 4 nitrogen and oxygen atoms in total. The van der Waals surface area contributed by atoms with E-state index in [0.717, 1.165) is 11.1 Å². The normalized spacial score (nSPS) is 15.0. The molecule has 112 valence electrons. The van der Waals surface area contributed by atoms with Gasteiger partial charge in [0.2, 0.25) is 0 Å². The van der Waals surface area contributed by atoms with Gasteiger partial charge in [-0.25, -0.2) is 13.2 Å². The van der Waals surface area contributed by atoms with Crippen LogP contribution in [0, 0.1) is 0 Å². The van der Waals surface area contributed by atoms with Crippen LogP contribution in [0.5, 0.6) is 0 Å². The number of rotatable bonds is 5. The van der Waals surface area contributed by atoms with E-state index in [0.29, 0.717) is 11.3 Å². The molecule has 1 aliphatic carbocycles. The van der Waals surface area contributed by atoms with Gasteiger partial charge in [0, 0.05) is 16.9 Å². The number of fused-ring (bicyclic) bond motifs is 1. The minimum Gasteiger partial charge on any atom is -0.461 e. The molecule has 0 spiro atoms. The van der Waals surface area contributed by atoms with Crippen molar-refractivity contribution >= 4 is 21.9 Å². The first-order valence-corrected chi connectivity index (χ1v) is 8.22. The lowest BCUT2D eigenvalue weighted by Gasteiger charge is -2.14. The van der Waals surface area contributed by atoms with E-state index in [1.165, 1.54) is 6.92 Å². The Bertz CT molecular complexity index is 714. The van der Waals surface area contributed by atoms with E-state index in [4.69, 9.17) is 4.74 Å². The zero-order valence-corrected chi connectivity index (χ0v) is 12.9. The van der Waals surface area contributed by atoms with E-state index in [1.54, 1.807) is 13.0 Å². The molecule has 2 rings (SSSR count). The van der Waals surface area contributed by atoms with Crippen LogP contribution in [-0.4, -0.2) is 26.2 Å². The van der Waals surface area contributed by atoms with E-state index in [1.807, 2.05) is 24.3 Å². The van der Waals surface area contributed by atoms with Gasteiger partial charge in [0.25, 0.3) is 0 Å². The zero-order chi connectivity index (χ0) is 15.6. The van der Waals surface area contributed by atoms with Crippen molar-refractivity contribution in [2.45, 2.75) is 25.5 Å². The quantitative estimate of drug-likeness (QED) is 0.619. The summed E-state index contributed by atoms with van der Waals surface area (Å²) in [4.78, 5) is 11.7. The number of esters is 1. The predicted octanol–water partition coefficient (Wildman–Crippen LogP) is 2.51. The molecule has 1 unspecified atom stereocenters. The predicted molar refractivity (Wildman–Crippen MR) is 82.3 cm³/mol. The number of hydrogen-bond donors (Lipinski definition) is 0. The van der Waals surface area contributed by atoms with Gasteiger partial charge in [-0.3, -0.25) is 0 Å². The van der Waals surface area contributed by atoms with Crippen molar-refractivity contribution in [3.8, 4) is 0 Å². The number of carbonyl (C=O) groups is 1. The van der Waals surface area contributed by atoms with Gasteiger partial charge in [-0.05, 0) is 31.1 Å². The van der Waals surface area contributed by atoms with Gasteiger partial charge >= 0.3 is 5.97 Å². The molecule has 0 radical (unpaired) electrons. The number of benzene rings is 1. The fraction of sp³-hybridized carbons (Fsp3) is 0.312. The number of allylic oxidation sites excluding steroid dienone is 1. The van der Waals surface area contributed by atoms with Gasteiger partial charge in [0.15, 0.2) is 9.84 Å². The van der Waals surface area contributed by atoms with Crippen LogP contribution in [0.2, 0.25) is 0 Å². The van der Waals surface area contributed by atoms with Crippen molar-refractivity contribution in [1.29, 1.82) is 0 Å². The average molecular weight is 306 g/mol. The van der Waals surface area contributed by atoms with Gasteiger partial charge < -0.3 is 4.74 Å². The summed E-state index contributed by atoms with van der Waals surface area (Å²) in [7, 11) is -3.47. The van der Waals surface area contributed by atoms with E-state index in [2.05, 4.69) is 6.58 Å². The molecule has 0 N–H and O–H groups in total. The number of hydrogen-bond acceptors (Lipinski definition) is 4. The van der Waals surface area contributed by atoms with Crippen LogP contribution in [-0.2, 0) is 25.8 Å². The molecule has 0 saturated heterocycles. The number of ether oxygens (including phenoxy) is 1. The lowest BCUT2D eigenvalue weighted by atomic mass is 10.1. The molecule has 1 aliphatic rings. The van der Waals surface area contributed by atoms with Crippen molar-refractivity contribution in [1.82, 2.24) is 0 Å². The summed E-state index contributed by atoms with van der Waals surface area (Å²) in [5, 5.41) is -0.777. The molecule has 21 heavy (non-hydrogen) atoms. The Labute approximate surface area is 125 Å². The van der Waals surface area contributed by atoms with Crippen LogP contribution >= 0.6 is 0 Å². The third kappa shape index (κ3) is 3.24. The smallest absolute Gasteiger partial charge is 0.333 e. The Morgan fingerprint density at radius 1 is 1.38 bits per heavy atom. The highest BCUT2D eigenvalue weighted by atomic mass is 32.2. The van der Waals surface area contributed by atoms with E-state index >= 15 is 0 Å². The first-order valence-electron chi connectivity index (χ1n) is 6.67. The summed E-state index contributed by atoms with van der Waals surface area (Å²) in [6, 6.07) is 7.58. The summed E-state index contributed by atoms with van der Waals surface area (Å²) >= 11 is 0. The fourth-order valence-corrected chi connectivity index (χ4v) is 3.51. The molecular weight excluding hydrogens is 288 g/mol. The largest absolute Gasteiger partial charge is 0.461 e. The Hall–Kier alpha value is -1.88. The lowest BCUT2D eigenvalue weighted by molar-refractivity contribution is -0.138. The number of carbonyl (C=O) groups excluding carboxylic acids is 1. The summed E-state index contributed by atoms with van der Waals surface area (Å²) in [6.07, 6.45) is 2.10. The molecule has 0 heterocycles. The highest BCUT2D eigenvalue weighted by Gasteiger charge is 2.30. The second-order valence-corrected chi connectivity index (χ2v) is 7.64. The fourth-order valence-electron chi connectivity index (χ4n) is 2.10. The highest BCUT2D eigenvalue weighted by Crippen LogP contribution is 2.30. The molecule has 1 aromatic rings. The molecule has 0 aromatic heterocycles. The SMILES string of the molecule is C=C(C)C(=O)OCC(C)S(=O)(=O)C1=Cc2ccccc2C1. The van der Waals surface area contributed by atoms with Crippen molar-refractivity contribution in [3.05, 3.63) is 52.4 Å². The van der Waals surface area contributed by atoms with Gasteiger partial charge in [-0.1, -0.05) is 30.8 Å². The molecule has 0 aliphatic heterocycles. The van der Waals surface area contributed by atoms with Crippen LogP contribution in [0.4, 0.5) is 0 Å². The Morgan fingerprint density at radius 3 is 2.67 bits per heavy atom. The van der Waals surface area contributed by atoms with E-state index < -0.39 is 21.1 Å². The summed E-state index contributed by atoms with van der Waals surface area (Å²) in [5.74, 6) is -0.569. The monoisotopic (exact) mass is 306 g/mol. The first-order chi connectivity index (χ1) is 9.82. The van der Waals surface area contributed by atoms with Crippen molar-refractivity contribution in [2.75, 3.05) is 6.61 Å². The molecule has 0 bridgehead atoms. The molecule has 0 saturated carbocycles. The van der Waals surface area contributed by atoms with Crippen molar-refractivity contribution < 1.29 is 17.9 Å². The third-order valence-corrected chi connectivity index (χ3v) is 5.62. The van der Waals surface area contributed by atoms with Crippen molar-refractivity contribution in [2.24, 2.45) is 0 Å². The van der Waals surface area contributed by atoms with Gasteiger partial charge in [0.1, 0.15) is 6.61 Å². The topological polar surface area (TPSA) is 60.4 Å². The van der Waals surface area contributed by atoms with Crippen LogP contribution in [0.1, 0.15) is 25.0 Å². The third-order valence-electron chi connectivity index (χ3n) is 3.43. The zero-order valence-electron chi connectivity index (χ0n) is 12.1. The van der Waals surface area contributed by atoms with Crippen LogP contribution in [0.25, 0.3) is 6.08 Å². The molecule has 1 atom stereocenters. The summed E-state index contributed by atoms with van der Waals surface area (Å²) < 4.78 is 29.9. The minimum atomic E-state index is -3.47. The minimum absolute atomic E-state index is 0.165. The summed E-state index contributed by atoms with van der Waals surface area (Å²) in [6.45, 7) is 6.37. The average Bonchev–Trinajstić information content (AvgIpc) is 2.88. The highest BCUT2D eigenvalue weighted by molar-refractivity contribution is 7.96. The van der Waals surface area contributed by atoms with Gasteiger partial charge in [0.05, 0.1) is 5.25 Å². The molecule has 5 heteroatoms. The van der Waals surface area contributed by atoms with Crippen molar-refractivity contribution in [3.63, 3.8) is 0 Å². The second-order valence-electron chi connectivity index (χ2n) is 5.22. The van der Waals surface area contributed by atoms with Crippen LogP contribution in [0.3, 0.4) is 0 Å². The number of sulfone groups is 1. The Kier molecular flexibility index (Phi) is 4.32. The van der Waals surface area contributed by atoms with E-state index in [-0.39, 0.29) is 12.2 Å². The standard InChI is InChI=1S/C16H18O4S/c1-11(2)16(17)20-10-12(3)21(18,19)15-8-13-6-4-5-7-14(13)9-15/h4-8,12H,1,9-10H2,2-3H3. The van der Waals surface area contributed by atoms with Gasteiger partial charge in [-0.15, -0.1) is 0 Å². The molecule has 0 fully saturated rings. The first kappa shape index (κ1) is 15.5. The summed E-state index contributed by atoms with van der Waals surface area (Å²) in [5.41, 5.74) is 2.19. The van der Waals surface area contributed by atoms with Crippen LogP contribution < -0.4 is 0 Å². The maximum absolute atomic E-state index is 12.5. The van der Waals surface area contributed by atoms with E-state index in [9.17, 15) is 13.2 Å². The molecule has 0 amide bonds.